The van der Waals surface area contributed by atoms with Gasteiger partial charge in [0.1, 0.15) is 11.8 Å². The Kier molecular flexibility index (Phi) is 1.72. The predicted octanol–water partition coefficient (Wildman–Crippen LogP) is 1.51. The van der Waals surface area contributed by atoms with Crippen LogP contribution in [0.3, 0.4) is 0 Å². The molecule has 0 aliphatic heterocycles. The lowest BCUT2D eigenvalue weighted by Gasteiger charge is -1.94. The molecule has 2 heterocycles. The predicted molar refractivity (Wildman–Crippen MR) is 49.1 cm³/mol. The minimum absolute atomic E-state index is 0.188. The maximum absolute atomic E-state index is 10.7. The van der Waals surface area contributed by atoms with E-state index in [9.17, 15) is 4.79 Å². The summed E-state index contributed by atoms with van der Waals surface area (Å²) in [5, 5.41) is 17.5. The summed E-state index contributed by atoms with van der Waals surface area (Å²) < 4.78 is 1.56. The van der Waals surface area contributed by atoms with E-state index in [2.05, 4.69) is 0 Å². The number of hydrogen-bond acceptors (Lipinski definition) is 2. The maximum Gasteiger partial charge on any atom is 0.337 e. The van der Waals surface area contributed by atoms with Crippen LogP contribution in [0.4, 0.5) is 0 Å². The molecular weight excluding hydrogens is 180 g/mol. The molecule has 68 valence electrons. The molecule has 2 rings (SSSR count). The molecule has 0 aliphatic rings. The Balaban J connectivity index is 2.78. The summed E-state index contributed by atoms with van der Waals surface area (Å²) in [6, 6.07) is 8.64. The monoisotopic (exact) mass is 186 g/mol. The van der Waals surface area contributed by atoms with E-state index in [0.717, 1.165) is 0 Å². The molecule has 4 heteroatoms. The highest BCUT2D eigenvalue weighted by Crippen LogP contribution is 2.12. The van der Waals surface area contributed by atoms with Crippen LogP contribution in [0.1, 0.15) is 16.1 Å². The first-order valence-electron chi connectivity index (χ1n) is 3.97. The van der Waals surface area contributed by atoms with Gasteiger partial charge in [-0.15, -0.1) is 0 Å². The van der Waals surface area contributed by atoms with Gasteiger partial charge in [-0.1, -0.05) is 6.07 Å². The van der Waals surface area contributed by atoms with E-state index in [-0.39, 0.29) is 5.56 Å². The quantitative estimate of drug-likeness (QED) is 0.734. The van der Waals surface area contributed by atoms with Crippen molar-refractivity contribution >= 4 is 11.5 Å². The summed E-state index contributed by atoms with van der Waals surface area (Å²) in [7, 11) is 0. The zero-order chi connectivity index (χ0) is 10.1. The van der Waals surface area contributed by atoms with Gasteiger partial charge in [0.2, 0.25) is 0 Å². The number of carboxylic acids is 1. The Bertz CT molecular complexity index is 549. The van der Waals surface area contributed by atoms with Crippen molar-refractivity contribution < 1.29 is 9.90 Å². The van der Waals surface area contributed by atoms with Crippen LogP contribution in [0.15, 0.2) is 30.5 Å². The molecule has 0 aromatic carbocycles. The Labute approximate surface area is 79.6 Å². The number of carboxylic acid groups (broad SMARTS) is 1. The second-order valence-corrected chi connectivity index (χ2v) is 2.85. The molecule has 0 atom stereocenters. The molecular formula is C10H6N2O2. The second kappa shape index (κ2) is 2.89. The van der Waals surface area contributed by atoms with Gasteiger partial charge < -0.3 is 9.51 Å². The number of hydrogen-bond donors (Lipinski definition) is 1. The first-order chi connectivity index (χ1) is 6.72. The molecule has 14 heavy (non-hydrogen) atoms. The van der Waals surface area contributed by atoms with E-state index >= 15 is 0 Å². The summed E-state index contributed by atoms with van der Waals surface area (Å²) in [5.41, 5.74) is 1.32. The highest BCUT2D eigenvalue weighted by molar-refractivity contribution is 5.89. The fourth-order valence-corrected chi connectivity index (χ4v) is 1.34. The normalized spacial score (nSPS) is 9.93. The minimum Gasteiger partial charge on any atom is -0.478 e. The van der Waals surface area contributed by atoms with Gasteiger partial charge in [0.25, 0.3) is 0 Å². The van der Waals surface area contributed by atoms with Crippen LogP contribution in [0.25, 0.3) is 5.52 Å². The fraction of sp³-hybridized carbons (Fsp3) is 0. The summed E-state index contributed by atoms with van der Waals surface area (Å²) in [6.45, 7) is 0. The van der Waals surface area contributed by atoms with Gasteiger partial charge in [-0.3, -0.25) is 0 Å². The zero-order valence-corrected chi connectivity index (χ0v) is 7.14. The number of carbonyl (C=O) groups is 1. The summed E-state index contributed by atoms with van der Waals surface area (Å²) in [5.74, 6) is -0.988. The molecule has 2 aromatic heterocycles. The van der Waals surface area contributed by atoms with Gasteiger partial charge >= 0.3 is 5.97 Å². The zero-order valence-electron chi connectivity index (χ0n) is 7.14. The van der Waals surface area contributed by atoms with Crippen LogP contribution in [0, 0.1) is 11.3 Å². The fourth-order valence-electron chi connectivity index (χ4n) is 1.34. The van der Waals surface area contributed by atoms with Crippen LogP contribution < -0.4 is 0 Å². The highest BCUT2D eigenvalue weighted by atomic mass is 16.4. The molecule has 0 saturated carbocycles. The highest BCUT2D eigenvalue weighted by Gasteiger charge is 2.07. The van der Waals surface area contributed by atoms with Crippen LogP contribution >= 0.6 is 0 Å². The minimum atomic E-state index is -0.988. The van der Waals surface area contributed by atoms with Crippen molar-refractivity contribution in [2.75, 3.05) is 0 Å². The second-order valence-electron chi connectivity index (χ2n) is 2.85. The number of fused-ring (bicyclic) bond motifs is 1. The van der Waals surface area contributed by atoms with Crippen molar-refractivity contribution in [3.05, 3.63) is 41.7 Å². The lowest BCUT2D eigenvalue weighted by Crippen LogP contribution is -1.93. The third kappa shape index (κ3) is 1.12. The van der Waals surface area contributed by atoms with Gasteiger partial charge in [-0.2, -0.15) is 5.26 Å². The molecule has 2 aromatic rings. The van der Waals surface area contributed by atoms with E-state index in [1.807, 2.05) is 6.07 Å². The Morgan fingerprint density at radius 1 is 1.50 bits per heavy atom. The SMILES string of the molecule is N#Cc1cccc2cc(C(=O)O)cn12. The first-order valence-corrected chi connectivity index (χ1v) is 3.97. The van der Waals surface area contributed by atoms with Gasteiger partial charge in [0.05, 0.1) is 5.56 Å². The lowest BCUT2D eigenvalue weighted by molar-refractivity contribution is 0.0697. The van der Waals surface area contributed by atoms with Crippen LogP contribution in [0.2, 0.25) is 0 Å². The Hall–Kier alpha value is -2.28. The van der Waals surface area contributed by atoms with Gasteiger partial charge in [-0.05, 0) is 18.2 Å². The van der Waals surface area contributed by atoms with E-state index in [4.69, 9.17) is 10.4 Å². The van der Waals surface area contributed by atoms with E-state index in [0.29, 0.717) is 11.2 Å². The van der Waals surface area contributed by atoms with Crippen LogP contribution in [-0.4, -0.2) is 15.5 Å². The van der Waals surface area contributed by atoms with Crippen molar-refractivity contribution in [2.24, 2.45) is 0 Å². The Morgan fingerprint density at radius 3 is 2.93 bits per heavy atom. The van der Waals surface area contributed by atoms with Crippen LogP contribution in [-0.2, 0) is 0 Å². The molecule has 0 saturated heterocycles. The molecule has 1 N–H and O–H groups in total. The first kappa shape index (κ1) is 8.32. The number of rotatable bonds is 1. The van der Waals surface area contributed by atoms with Crippen molar-refractivity contribution in [3.8, 4) is 6.07 Å². The van der Waals surface area contributed by atoms with Gasteiger partial charge in [0.15, 0.2) is 0 Å². The third-order valence-electron chi connectivity index (χ3n) is 1.99. The number of nitriles is 1. The largest absolute Gasteiger partial charge is 0.478 e. The summed E-state index contributed by atoms with van der Waals surface area (Å²) in [6.07, 6.45) is 1.44. The van der Waals surface area contributed by atoms with Crippen molar-refractivity contribution in [3.63, 3.8) is 0 Å². The number of aromatic carboxylic acids is 1. The Morgan fingerprint density at radius 2 is 2.29 bits per heavy atom. The van der Waals surface area contributed by atoms with Gasteiger partial charge in [0, 0.05) is 11.7 Å². The van der Waals surface area contributed by atoms with Crippen molar-refractivity contribution in [2.45, 2.75) is 0 Å². The number of pyridine rings is 1. The third-order valence-corrected chi connectivity index (χ3v) is 1.99. The average Bonchev–Trinajstić information content (AvgIpc) is 2.60. The molecule has 0 fully saturated rings. The maximum atomic E-state index is 10.7. The topological polar surface area (TPSA) is 65.5 Å². The molecule has 0 radical (unpaired) electrons. The summed E-state index contributed by atoms with van der Waals surface area (Å²) in [4.78, 5) is 10.7. The van der Waals surface area contributed by atoms with Crippen molar-refractivity contribution in [1.82, 2.24) is 4.40 Å². The molecule has 0 amide bonds. The van der Waals surface area contributed by atoms with Crippen LogP contribution in [0.5, 0.6) is 0 Å². The average molecular weight is 186 g/mol. The molecule has 0 spiro atoms. The number of nitrogens with zero attached hydrogens (tertiary/aromatic N) is 2. The summed E-state index contributed by atoms with van der Waals surface area (Å²) >= 11 is 0. The van der Waals surface area contributed by atoms with E-state index in [1.54, 1.807) is 22.6 Å². The van der Waals surface area contributed by atoms with Gasteiger partial charge in [-0.25, -0.2) is 4.79 Å². The number of aromatic nitrogens is 1. The standard InChI is InChI=1S/C10H6N2O2/c11-5-9-3-1-2-8-4-7(10(13)14)6-12(8)9/h1-4,6H,(H,13,14). The smallest absolute Gasteiger partial charge is 0.337 e. The van der Waals surface area contributed by atoms with E-state index < -0.39 is 5.97 Å². The molecule has 0 aliphatic carbocycles. The van der Waals surface area contributed by atoms with Crippen molar-refractivity contribution in [1.29, 1.82) is 5.26 Å². The molecule has 0 bridgehead atoms. The van der Waals surface area contributed by atoms with E-state index in [1.165, 1.54) is 12.3 Å². The molecule has 0 unspecified atom stereocenters. The molecule has 4 nitrogen and oxygen atoms in total. The lowest BCUT2D eigenvalue weighted by atomic mass is 10.3.